The van der Waals surface area contributed by atoms with E-state index in [1.54, 1.807) is 0 Å². The maximum Gasteiger partial charge on any atom is 0.129 e. The summed E-state index contributed by atoms with van der Waals surface area (Å²) in [6.07, 6.45) is 3.81. The van der Waals surface area contributed by atoms with Crippen LogP contribution in [-0.2, 0) is 6.54 Å². The van der Waals surface area contributed by atoms with Gasteiger partial charge >= 0.3 is 0 Å². The Morgan fingerprint density at radius 1 is 1.39 bits per heavy atom. The largest absolute Gasteiger partial charge is 0.354 e. The average molecular weight is 247 g/mol. The molecule has 1 aliphatic carbocycles. The molecule has 0 atom stereocenters. The van der Waals surface area contributed by atoms with Crippen LogP contribution in [0.4, 0.5) is 5.82 Å². The molecule has 0 amide bonds. The Morgan fingerprint density at radius 2 is 2.17 bits per heavy atom. The highest BCUT2D eigenvalue weighted by atomic mass is 15.2. The van der Waals surface area contributed by atoms with Crippen molar-refractivity contribution in [1.82, 2.24) is 10.3 Å². The molecule has 0 spiro atoms. The third kappa shape index (κ3) is 3.70. The molecule has 1 fully saturated rings. The fourth-order valence-electron chi connectivity index (χ4n) is 2.14. The lowest BCUT2D eigenvalue weighted by molar-refractivity contribution is 0.648. The van der Waals surface area contributed by atoms with Crippen LogP contribution in [0.1, 0.15) is 45.7 Å². The van der Waals surface area contributed by atoms with Crippen LogP contribution in [0.2, 0.25) is 0 Å². The first-order chi connectivity index (χ1) is 8.70. The highest BCUT2D eigenvalue weighted by Crippen LogP contribution is 2.20. The Morgan fingerprint density at radius 3 is 2.78 bits per heavy atom. The van der Waals surface area contributed by atoms with Crippen molar-refractivity contribution in [2.45, 2.75) is 58.7 Å². The molecule has 100 valence electrons. The maximum absolute atomic E-state index is 4.78. The van der Waals surface area contributed by atoms with Gasteiger partial charge in [-0.25, -0.2) is 4.98 Å². The molecule has 3 nitrogen and oxygen atoms in total. The molecular weight excluding hydrogens is 222 g/mol. The van der Waals surface area contributed by atoms with Crippen LogP contribution in [0, 0.1) is 0 Å². The summed E-state index contributed by atoms with van der Waals surface area (Å²) in [5.41, 5.74) is 1.15. The molecule has 1 aromatic rings. The molecule has 0 saturated heterocycles. The van der Waals surface area contributed by atoms with Crippen LogP contribution < -0.4 is 10.2 Å². The summed E-state index contributed by atoms with van der Waals surface area (Å²) in [4.78, 5) is 7.15. The molecule has 0 radical (unpaired) electrons. The van der Waals surface area contributed by atoms with E-state index in [9.17, 15) is 0 Å². The second-order valence-electron chi connectivity index (χ2n) is 5.43. The lowest BCUT2D eigenvalue weighted by atomic mass is 10.2. The summed E-state index contributed by atoms with van der Waals surface area (Å²) in [6.45, 7) is 8.65. The second-order valence-corrected chi connectivity index (χ2v) is 5.43. The number of nitrogens with one attached hydrogen (secondary N) is 1. The summed E-state index contributed by atoms with van der Waals surface area (Å²) in [7, 11) is 0. The Balaban J connectivity index is 2.03. The second kappa shape index (κ2) is 6.19. The van der Waals surface area contributed by atoms with Crippen molar-refractivity contribution >= 4 is 5.82 Å². The maximum atomic E-state index is 4.78. The molecule has 1 N–H and O–H groups in total. The fourth-order valence-corrected chi connectivity index (χ4v) is 2.14. The summed E-state index contributed by atoms with van der Waals surface area (Å²) < 4.78 is 0. The molecule has 1 aromatic heterocycles. The third-order valence-corrected chi connectivity index (χ3v) is 3.32. The molecule has 3 heteroatoms. The Kier molecular flexibility index (Phi) is 4.59. The van der Waals surface area contributed by atoms with Crippen LogP contribution in [0.3, 0.4) is 0 Å². The van der Waals surface area contributed by atoms with Gasteiger partial charge < -0.3 is 10.2 Å². The van der Waals surface area contributed by atoms with Gasteiger partial charge in [0.2, 0.25) is 0 Å². The van der Waals surface area contributed by atoms with Crippen LogP contribution in [0.5, 0.6) is 0 Å². The smallest absolute Gasteiger partial charge is 0.129 e. The summed E-state index contributed by atoms with van der Waals surface area (Å²) in [5.74, 6) is 1.11. The van der Waals surface area contributed by atoms with E-state index in [2.05, 4.69) is 49.2 Å². The summed E-state index contributed by atoms with van der Waals surface area (Å²) in [5, 5.41) is 3.52. The lowest BCUT2D eigenvalue weighted by Gasteiger charge is -2.27. The predicted octanol–water partition coefficient (Wildman–Crippen LogP) is 2.96. The van der Waals surface area contributed by atoms with Crippen molar-refractivity contribution in [3.63, 3.8) is 0 Å². The first-order valence-electron chi connectivity index (χ1n) is 7.16. The van der Waals surface area contributed by atoms with Gasteiger partial charge in [0.15, 0.2) is 0 Å². The van der Waals surface area contributed by atoms with Crippen LogP contribution in [-0.4, -0.2) is 23.6 Å². The zero-order chi connectivity index (χ0) is 13.0. The van der Waals surface area contributed by atoms with Crippen molar-refractivity contribution in [2.24, 2.45) is 0 Å². The van der Waals surface area contributed by atoms with Crippen LogP contribution in [0.15, 0.2) is 18.2 Å². The quantitative estimate of drug-likeness (QED) is 0.803. The van der Waals surface area contributed by atoms with Gasteiger partial charge in [0.1, 0.15) is 5.82 Å². The highest BCUT2D eigenvalue weighted by Gasteiger charge is 2.20. The zero-order valence-electron chi connectivity index (χ0n) is 11.8. The van der Waals surface area contributed by atoms with E-state index in [0.29, 0.717) is 6.04 Å². The van der Waals surface area contributed by atoms with Gasteiger partial charge in [-0.1, -0.05) is 13.0 Å². The summed E-state index contributed by atoms with van der Waals surface area (Å²) >= 11 is 0. The van der Waals surface area contributed by atoms with Gasteiger partial charge in [-0.05, 0) is 45.2 Å². The number of nitrogens with zero attached hydrogens (tertiary/aromatic N) is 2. The van der Waals surface area contributed by atoms with Gasteiger partial charge in [0.25, 0.3) is 0 Å². The first-order valence-corrected chi connectivity index (χ1v) is 7.16. The summed E-state index contributed by atoms with van der Waals surface area (Å²) in [6, 6.07) is 7.60. The minimum absolute atomic E-state index is 0.504. The zero-order valence-corrected chi connectivity index (χ0v) is 11.8. The van der Waals surface area contributed by atoms with Crippen LogP contribution in [0.25, 0.3) is 0 Å². The van der Waals surface area contributed by atoms with E-state index >= 15 is 0 Å². The topological polar surface area (TPSA) is 28.2 Å². The van der Waals surface area contributed by atoms with Crippen molar-refractivity contribution < 1.29 is 0 Å². The molecule has 2 rings (SSSR count). The number of pyridine rings is 1. The Labute approximate surface area is 111 Å². The monoisotopic (exact) mass is 247 g/mol. The molecule has 1 heterocycles. The van der Waals surface area contributed by atoms with Gasteiger partial charge in [0.05, 0.1) is 5.69 Å². The SMILES string of the molecule is CCCN(c1cccc(CNC2CC2)n1)C(C)C. The van der Waals surface area contributed by atoms with E-state index in [1.807, 2.05) is 0 Å². The molecule has 1 aliphatic rings. The predicted molar refractivity (Wildman–Crippen MR) is 76.9 cm³/mol. The van der Waals surface area contributed by atoms with Gasteiger partial charge in [0, 0.05) is 25.2 Å². The Bertz CT molecular complexity index is 372. The van der Waals surface area contributed by atoms with Crippen molar-refractivity contribution in [3.05, 3.63) is 23.9 Å². The molecule has 18 heavy (non-hydrogen) atoms. The van der Waals surface area contributed by atoms with Crippen LogP contribution >= 0.6 is 0 Å². The van der Waals surface area contributed by atoms with E-state index in [1.165, 1.54) is 12.8 Å². The first kappa shape index (κ1) is 13.3. The standard InChI is InChI=1S/C15H25N3/c1-4-10-18(12(2)3)15-7-5-6-14(17-15)11-16-13-8-9-13/h5-7,12-13,16H,4,8-11H2,1-3H3. The lowest BCUT2D eigenvalue weighted by Crippen LogP contribution is -2.32. The van der Waals surface area contributed by atoms with Gasteiger partial charge in [-0.15, -0.1) is 0 Å². The molecule has 0 aliphatic heterocycles. The van der Waals surface area contributed by atoms with Crippen molar-refractivity contribution in [3.8, 4) is 0 Å². The van der Waals surface area contributed by atoms with Gasteiger partial charge in [-0.3, -0.25) is 0 Å². The molecular formula is C15H25N3. The Hall–Kier alpha value is -1.09. The molecule has 0 unspecified atom stereocenters. The number of aromatic nitrogens is 1. The average Bonchev–Trinajstić information content (AvgIpc) is 3.17. The highest BCUT2D eigenvalue weighted by molar-refractivity contribution is 5.40. The number of hydrogen-bond donors (Lipinski definition) is 1. The minimum Gasteiger partial charge on any atom is -0.354 e. The van der Waals surface area contributed by atoms with E-state index in [0.717, 1.165) is 37.1 Å². The molecule has 0 aromatic carbocycles. The van der Waals surface area contributed by atoms with Crippen molar-refractivity contribution in [1.29, 1.82) is 0 Å². The number of rotatable bonds is 7. The van der Waals surface area contributed by atoms with Crippen molar-refractivity contribution in [2.75, 3.05) is 11.4 Å². The third-order valence-electron chi connectivity index (χ3n) is 3.32. The minimum atomic E-state index is 0.504. The molecule has 1 saturated carbocycles. The van der Waals surface area contributed by atoms with E-state index in [-0.39, 0.29) is 0 Å². The number of anilines is 1. The normalized spacial score (nSPS) is 15.1. The fraction of sp³-hybridized carbons (Fsp3) is 0.667. The van der Waals surface area contributed by atoms with E-state index < -0.39 is 0 Å². The van der Waals surface area contributed by atoms with Gasteiger partial charge in [-0.2, -0.15) is 0 Å². The number of hydrogen-bond acceptors (Lipinski definition) is 3. The molecule has 0 bridgehead atoms. The van der Waals surface area contributed by atoms with E-state index in [4.69, 9.17) is 4.98 Å².